The van der Waals surface area contributed by atoms with E-state index in [0.29, 0.717) is 12.5 Å². The predicted octanol–water partition coefficient (Wildman–Crippen LogP) is 0.428. The molecule has 1 aliphatic rings. The number of nitrogens with one attached hydrogen (secondary N) is 1. The monoisotopic (exact) mass is 227 g/mol. The molecule has 16 heavy (non-hydrogen) atoms. The molecule has 0 bridgehead atoms. The van der Waals surface area contributed by atoms with Gasteiger partial charge in [0.05, 0.1) is 6.04 Å². The normalized spacial score (nSPS) is 24.4. The summed E-state index contributed by atoms with van der Waals surface area (Å²) in [5, 5.41) is 2.93. The Balaban J connectivity index is 2.42. The number of carbonyl (C=O) groups is 1. The number of carbonyl (C=O) groups excluding carboxylic acids is 1. The highest BCUT2D eigenvalue weighted by molar-refractivity contribution is 5.80. The summed E-state index contributed by atoms with van der Waals surface area (Å²) in [7, 11) is 2.15. The quantitative estimate of drug-likeness (QED) is 0.732. The Morgan fingerprint density at radius 3 is 2.69 bits per heavy atom. The van der Waals surface area contributed by atoms with Gasteiger partial charge in [-0.3, -0.25) is 4.79 Å². The van der Waals surface area contributed by atoms with Crippen LogP contribution >= 0.6 is 0 Å². The summed E-state index contributed by atoms with van der Waals surface area (Å²) < 4.78 is 0. The molecule has 1 saturated heterocycles. The van der Waals surface area contributed by atoms with E-state index in [2.05, 4.69) is 31.1 Å². The van der Waals surface area contributed by atoms with E-state index in [1.165, 1.54) is 6.42 Å². The molecule has 0 radical (unpaired) electrons. The number of hydrogen-bond donors (Lipinski definition) is 2. The maximum absolute atomic E-state index is 11.4. The number of hydrogen-bond acceptors (Lipinski definition) is 3. The van der Waals surface area contributed by atoms with Crippen LogP contribution in [0.3, 0.4) is 0 Å². The van der Waals surface area contributed by atoms with Gasteiger partial charge in [0.2, 0.25) is 5.91 Å². The third kappa shape index (κ3) is 3.46. The first-order valence-electron chi connectivity index (χ1n) is 6.05. The highest BCUT2D eigenvalue weighted by Crippen LogP contribution is 2.33. The third-order valence-electron chi connectivity index (χ3n) is 3.63. The topological polar surface area (TPSA) is 58.4 Å². The van der Waals surface area contributed by atoms with Gasteiger partial charge in [0.15, 0.2) is 0 Å². The van der Waals surface area contributed by atoms with E-state index in [9.17, 15) is 4.79 Å². The van der Waals surface area contributed by atoms with Gasteiger partial charge < -0.3 is 16.0 Å². The molecule has 1 heterocycles. The Bertz CT molecular complexity index is 251. The van der Waals surface area contributed by atoms with Gasteiger partial charge in [-0.15, -0.1) is 0 Å². The van der Waals surface area contributed by atoms with Gasteiger partial charge in [-0.05, 0) is 38.3 Å². The SMILES string of the molecule is CC(N)C(=O)NCC(C)(C)C1CCN(C)C1. The summed E-state index contributed by atoms with van der Waals surface area (Å²) in [5.41, 5.74) is 5.67. The van der Waals surface area contributed by atoms with E-state index < -0.39 is 6.04 Å². The van der Waals surface area contributed by atoms with Crippen molar-refractivity contribution in [3.63, 3.8) is 0 Å². The minimum atomic E-state index is -0.415. The van der Waals surface area contributed by atoms with Crippen molar-refractivity contribution in [3.8, 4) is 0 Å². The van der Waals surface area contributed by atoms with Gasteiger partial charge in [-0.2, -0.15) is 0 Å². The largest absolute Gasteiger partial charge is 0.354 e. The van der Waals surface area contributed by atoms with Crippen molar-refractivity contribution in [2.45, 2.75) is 33.2 Å². The number of likely N-dealkylation sites (tertiary alicyclic amines) is 1. The first kappa shape index (κ1) is 13.5. The molecule has 0 aliphatic carbocycles. The molecule has 0 aromatic rings. The molecule has 2 unspecified atom stereocenters. The molecule has 2 atom stereocenters. The van der Waals surface area contributed by atoms with E-state index in [-0.39, 0.29) is 11.3 Å². The lowest BCUT2D eigenvalue weighted by atomic mass is 9.78. The molecule has 0 saturated carbocycles. The zero-order chi connectivity index (χ0) is 12.3. The van der Waals surface area contributed by atoms with Gasteiger partial charge in [-0.1, -0.05) is 13.8 Å². The molecule has 0 aromatic heterocycles. The van der Waals surface area contributed by atoms with Gasteiger partial charge in [-0.25, -0.2) is 0 Å². The number of rotatable bonds is 4. The van der Waals surface area contributed by atoms with Crippen LogP contribution in [0.4, 0.5) is 0 Å². The maximum atomic E-state index is 11.4. The average molecular weight is 227 g/mol. The van der Waals surface area contributed by atoms with Gasteiger partial charge in [0, 0.05) is 13.1 Å². The third-order valence-corrected chi connectivity index (χ3v) is 3.63. The van der Waals surface area contributed by atoms with Crippen LogP contribution in [0.5, 0.6) is 0 Å². The van der Waals surface area contributed by atoms with E-state index in [1.54, 1.807) is 6.92 Å². The second-order valence-corrected chi connectivity index (χ2v) is 5.74. The minimum Gasteiger partial charge on any atom is -0.354 e. The van der Waals surface area contributed by atoms with Crippen LogP contribution in [0.1, 0.15) is 27.2 Å². The first-order chi connectivity index (χ1) is 7.33. The molecular weight excluding hydrogens is 202 g/mol. The minimum absolute atomic E-state index is 0.0561. The zero-order valence-electron chi connectivity index (χ0n) is 10.9. The number of nitrogens with zero attached hydrogens (tertiary/aromatic N) is 1. The van der Waals surface area contributed by atoms with Crippen LogP contribution < -0.4 is 11.1 Å². The molecular formula is C12H25N3O. The van der Waals surface area contributed by atoms with Crippen LogP contribution in [-0.4, -0.2) is 43.5 Å². The molecule has 0 spiro atoms. The van der Waals surface area contributed by atoms with Crippen molar-refractivity contribution in [2.75, 3.05) is 26.7 Å². The molecule has 1 aliphatic heterocycles. The van der Waals surface area contributed by atoms with Crippen molar-refractivity contribution >= 4 is 5.91 Å². The Kier molecular flexibility index (Phi) is 4.33. The maximum Gasteiger partial charge on any atom is 0.236 e. The van der Waals surface area contributed by atoms with Crippen LogP contribution in [-0.2, 0) is 4.79 Å². The lowest BCUT2D eigenvalue weighted by Crippen LogP contribution is -2.45. The second-order valence-electron chi connectivity index (χ2n) is 5.74. The smallest absolute Gasteiger partial charge is 0.236 e. The first-order valence-corrected chi connectivity index (χ1v) is 6.05. The Hall–Kier alpha value is -0.610. The van der Waals surface area contributed by atoms with Crippen LogP contribution in [0.15, 0.2) is 0 Å². The van der Waals surface area contributed by atoms with Crippen LogP contribution in [0, 0.1) is 11.3 Å². The summed E-state index contributed by atoms with van der Waals surface area (Å²) in [6, 6.07) is -0.415. The molecule has 3 N–H and O–H groups in total. The van der Waals surface area contributed by atoms with E-state index in [4.69, 9.17) is 5.73 Å². The standard InChI is InChI=1S/C12H25N3O/c1-9(13)11(16)14-8-12(2,3)10-5-6-15(4)7-10/h9-10H,5-8,13H2,1-4H3,(H,14,16). The molecule has 1 amide bonds. The predicted molar refractivity (Wildman–Crippen MR) is 66.0 cm³/mol. The Morgan fingerprint density at radius 1 is 1.62 bits per heavy atom. The van der Waals surface area contributed by atoms with Gasteiger partial charge >= 0.3 is 0 Å². The summed E-state index contributed by atoms with van der Waals surface area (Å²) in [6.07, 6.45) is 1.22. The van der Waals surface area contributed by atoms with Gasteiger partial charge in [0.1, 0.15) is 0 Å². The fraction of sp³-hybridized carbons (Fsp3) is 0.917. The van der Waals surface area contributed by atoms with Crippen molar-refractivity contribution in [3.05, 3.63) is 0 Å². The second kappa shape index (κ2) is 5.15. The fourth-order valence-corrected chi connectivity index (χ4v) is 2.19. The molecule has 4 heteroatoms. The summed E-state index contributed by atoms with van der Waals surface area (Å²) in [6.45, 7) is 9.16. The number of nitrogens with two attached hydrogens (primary N) is 1. The molecule has 0 aromatic carbocycles. The molecule has 4 nitrogen and oxygen atoms in total. The lowest BCUT2D eigenvalue weighted by Gasteiger charge is -2.32. The highest BCUT2D eigenvalue weighted by Gasteiger charge is 2.34. The summed E-state index contributed by atoms with van der Waals surface area (Å²) in [5.74, 6) is 0.602. The average Bonchev–Trinajstić information content (AvgIpc) is 2.61. The summed E-state index contributed by atoms with van der Waals surface area (Å²) in [4.78, 5) is 13.8. The van der Waals surface area contributed by atoms with Crippen molar-refractivity contribution in [1.82, 2.24) is 10.2 Å². The van der Waals surface area contributed by atoms with Crippen LogP contribution in [0.25, 0.3) is 0 Å². The van der Waals surface area contributed by atoms with E-state index in [0.717, 1.165) is 13.1 Å². The lowest BCUT2D eigenvalue weighted by molar-refractivity contribution is -0.122. The van der Waals surface area contributed by atoms with Crippen molar-refractivity contribution in [2.24, 2.45) is 17.1 Å². The van der Waals surface area contributed by atoms with Crippen LogP contribution in [0.2, 0.25) is 0 Å². The highest BCUT2D eigenvalue weighted by atomic mass is 16.2. The summed E-state index contributed by atoms with van der Waals surface area (Å²) >= 11 is 0. The molecule has 1 fully saturated rings. The van der Waals surface area contributed by atoms with Gasteiger partial charge in [0.25, 0.3) is 0 Å². The van der Waals surface area contributed by atoms with Crippen molar-refractivity contribution < 1.29 is 4.79 Å². The number of amides is 1. The Morgan fingerprint density at radius 2 is 2.25 bits per heavy atom. The molecule has 94 valence electrons. The Labute approximate surface area is 98.6 Å². The van der Waals surface area contributed by atoms with E-state index in [1.807, 2.05) is 0 Å². The fourth-order valence-electron chi connectivity index (χ4n) is 2.19. The zero-order valence-corrected chi connectivity index (χ0v) is 10.9. The molecule has 1 rings (SSSR count). The van der Waals surface area contributed by atoms with E-state index >= 15 is 0 Å². The van der Waals surface area contributed by atoms with Crippen molar-refractivity contribution in [1.29, 1.82) is 0 Å².